The number of carbonyl (C=O) groups is 5. The molecule has 0 bridgehead atoms. The fourth-order valence-corrected chi connectivity index (χ4v) is 6.30. The molecule has 11 heteroatoms. The summed E-state index contributed by atoms with van der Waals surface area (Å²) in [6.07, 6.45) is 4.48. The van der Waals surface area contributed by atoms with Gasteiger partial charge in [0.05, 0.1) is 36.2 Å². The number of methoxy groups -OCH3 is 1. The molecule has 11 nitrogen and oxygen atoms in total. The van der Waals surface area contributed by atoms with Gasteiger partial charge in [-0.25, -0.2) is 0 Å². The number of rotatable bonds is 15. The molecule has 2 aromatic rings. The van der Waals surface area contributed by atoms with Gasteiger partial charge in [-0.2, -0.15) is 0 Å². The van der Waals surface area contributed by atoms with E-state index < -0.39 is 35.2 Å². The van der Waals surface area contributed by atoms with Crippen LogP contribution in [0.2, 0.25) is 0 Å². The van der Waals surface area contributed by atoms with E-state index in [-0.39, 0.29) is 48.7 Å². The van der Waals surface area contributed by atoms with Crippen LogP contribution in [-0.4, -0.2) is 73.0 Å². The molecule has 1 unspecified atom stereocenters. The maximum Gasteiger partial charge on any atom is 0.306 e. The molecular weight excluding hydrogens is 578 g/mol. The van der Waals surface area contributed by atoms with E-state index in [1.807, 2.05) is 19.1 Å². The molecular formula is C34H43N3O8. The van der Waals surface area contributed by atoms with Crippen molar-refractivity contribution in [2.45, 2.75) is 70.8 Å². The lowest BCUT2D eigenvalue weighted by molar-refractivity contribution is -0.146. The molecule has 1 aliphatic carbocycles. The Labute approximate surface area is 263 Å². The van der Waals surface area contributed by atoms with Crippen molar-refractivity contribution in [1.29, 1.82) is 0 Å². The summed E-state index contributed by atoms with van der Waals surface area (Å²) < 4.78 is 10.8. The van der Waals surface area contributed by atoms with E-state index in [0.29, 0.717) is 30.9 Å². The summed E-state index contributed by atoms with van der Waals surface area (Å²) in [5, 5.41) is 15.8. The van der Waals surface area contributed by atoms with Crippen LogP contribution in [0.4, 0.5) is 0 Å². The maximum absolute atomic E-state index is 14.0. The zero-order chi connectivity index (χ0) is 32.6. The van der Waals surface area contributed by atoms with Gasteiger partial charge in [-0.15, -0.1) is 0 Å². The second-order valence-electron chi connectivity index (χ2n) is 11.9. The summed E-state index contributed by atoms with van der Waals surface area (Å²) >= 11 is 0. The van der Waals surface area contributed by atoms with E-state index >= 15 is 0 Å². The van der Waals surface area contributed by atoms with Gasteiger partial charge in [-0.3, -0.25) is 28.9 Å². The molecule has 0 aromatic heterocycles. The highest BCUT2D eigenvalue weighted by molar-refractivity contribution is 6.21. The van der Waals surface area contributed by atoms with Crippen LogP contribution < -0.4 is 20.1 Å². The number of nitrogens with one attached hydrogen (secondary N) is 2. The average molecular weight is 622 g/mol. The van der Waals surface area contributed by atoms with E-state index in [9.17, 15) is 29.1 Å². The Balaban J connectivity index is 1.48. The number of nitrogens with zero attached hydrogens (tertiary/aromatic N) is 1. The summed E-state index contributed by atoms with van der Waals surface area (Å²) in [7, 11) is 3.07. The first-order chi connectivity index (χ1) is 21.6. The van der Waals surface area contributed by atoms with E-state index in [2.05, 4.69) is 10.6 Å². The van der Waals surface area contributed by atoms with Crippen LogP contribution in [0.1, 0.15) is 84.6 Å². The highest BCUT2D eigenvalue weighted by Crippen LogP contribution is 2.43. The molecule has 45 heavy (non-hydrogen) atoms. The smallest absolute Gasteiger partial charge is 0.306 e. The lowest BCUT2D eigenvalue weighted by atomic mass is 9.67. The first-order valence-corrected chi connectivity index (χ1v) is 15.6. The monoisotopic (exact) mass is 621 g/mol. The molecule has 242 valence electrons. The number of fused-ring (bicyclic) bond motifs is 1. The number of likely N-dealkylation sites (N-methyl/N-ethyl adjacent to an activating group) is 1. The van der Waals surface area contributed by atoms with E-state index in [0.717, 1.165) is 36.1 Å². The Morgan fingerprint density at radius 2 is 1.64 bits per heavy atom. The van der Waals surface area contributed by atoms with Crippen molar-refractivity contribution in [2.24, 2.45) is 11.3 Å². The summed E-state index contributed by atoms with van der Waals surface area (Å²) in [6, 6.07) is 11.1. The van der Waals surface area contributed by atoms with Crippen LogP contribution in [0.25, 0.3) is 0 Å². The molecule has 1 saturated carbocycles. The number of hydrogen-bond acceptors (Lipinski definition) is 7. The average Bonchev–Trinajstić information content (AvgIpc) is 3.29. The number of aliphatic carboxylic acids is 1. The minimum atomic E-state index is -1.10. The van der Waals surface area contributed by atoms with Gasteiger partial charge in [0.2, 0.25) is 11.8 Å². The number of amides is 4. The summed E-state index contributed by atoms with van der Waals surface area (Å²) in [5.41, 5.74) is 0.327. The number of hydrogen-bond donors (Lipinski definition) is 3. The molecule has 1 fully saturated rings. The maximum atomic E-state index is 14.0. The van der Waals surface area contributed by atoms with Crippen molar-refractivity contribution in [1.82, 2.24) is 15.5 Å². The zero-order valence-electron chi connectivity index (χ0n) is 26.2. The Hall–Kier alpha value is -4.41. The first kappa shape index (κ1) is 33.5. The minimum absolute atomic E-state index is 0.000251. The van der Waals surface area contributed by atoms with Gasteiger partial charge in [-0.1, -0.05) is 38.3 Å². The molecule has 3 N–H and O–H groups in total. The molecule has 4 rings (SSSR count). The third kappa shape index (κ3) is 7.82. The van der Waals surface area contributed by atoms with Crippen LogP contribution in [0.3, 0.4) is 0 Å². The third-order valence-electron chi connectivity index (χ3n) is 8.86. The number of imide groups is 1. The van der Waals surface area contributed by atoms with Crippen molar-refractivity contribution in [3.63, 3.8) is 0 Å². The largest absolute Gasteiger partial charge is 0.497 e. The summed E-state index contributed by atoms with van der Waals surface area (Å²) in [5.74, 6) is -2.58. The highest BCUT2D eigenvalue weighted by atomic mass is 16.5. The van der Waals surface area contributed by atoms with Gasteiger partial charge in [0.25, 0.3) is 11.8 Å². The quantitative estimate of drug-likeness (QED) is 0.253. The first-order valence-electron chi connectivity index (χ1n) is 15.6. The van der Waals surface area contributed by atoms with Crippen molar-refractivity contribution in [3.8, 4) is 11.5 Å². The van der Waals surface area contributed by atoms with Gasteiger partial charge in [0, 0.05) is 20.0 Å². The molecule has 0 saturated heterocycles. The van der Waals surface area contributed by atoms with Crippen LogP contribution in [0.15, 0.2) is 42.5 Å². The predicted molar refractivity (Wildman–Crippen MR) is 166 cm³/mol. The van der Waals surface area contributed by atoms with E-state index in [1.165, 1.54) is 7.05 Å². The lowest BCUT2D eigenvalue weighted by Gasteiger charge is -2.38. The fraction of sp³-hybridized carbons (Fsp3) is 0.500. The van der Waals surface area contributed by atoms with Gasteiger partial charge in [0.1, 0.15) is 17.5 Å². The fourth-order valence-electron chi connectivity index (χ4n) is 6.30. The Bertz CT molecular complexity index is 1400. The van der Waals surface area contributed by atoms with Crippen LogP contribution in [0.5, 0.6) is 11.5 Å². The standard InChI is InChI=1S/C34H43N3O8/c1-4-18-45-25-12-13-26-27(20-25)31(40)37(30(26)39)17-14-23(32(41)42)21-34(15-6-5-7-16-34)33(43)36-28(29(38)35-2)19-22-8-10-24(44-3)11-9-22/h8-13,20,23,28H,4-7,14-19,21H2,1-3H3,(H,35,38)(H,36,43)(H,41,42)/t23?,28-/m0/s1. The molecule has 0 radical (unpaired) electrons. The van der Waals surface area contributed by atoms with Crippen molar-refractivity contribution in [3.05, 3.63) is 59.2 Å². The zero-order valence-corrected chi connectivity index (χ0v) is 26.2. The van der Waals surface area contributed by atoms with Gasteiger partial charge < -0.3 is 25.2 Å². The normalized spacial score (nSPS) is 16.8. The summed E-state index contributed by atoms with van der Waals surface area (Å²) in [4.78, 5) is 66.7. The molecule has 2 aliphatic rings. The minimum Gasteiger partial charge on any atom is -0.497 e. The molecule has 1 heterocycles. The van der Waals surface area contributed by atoms with Crippen molar-refractivity contribution < 1.29 is 38.6 Å². The third-order valence-corrected chi connectivity index (χ3v) is 8.86. The van der Waals surface area contributed by atoms with Gasteiger partial charge >= 0.3 is 5.97 Å². The second-order valence-corrected chi connectivity index (χ2v) is 11.9. The van der Waals surface area contributed by atoms with E-state index in [4.69, 9.17) is 9.47 Å². The number of carboxylic acids is 1. The molecule has 1 aliphatic heterocycles. The molecule has 4 amide bonds. The van der Waals surface area contributed by atoms with Crippen LogP contribution in [0, 0.1) is 11.3 Å². The highest BCUT2D eigenvalue weighted by Gasteiger charge is 2.44. The lowest BCUT2D eigenvalue weighted by Crippen LogP contribution is -2.53. The summed E-state index contributed by atoms with van der Waals surface area (Å²) in [6.45, 7) is 2.35. The predicted octanol–water partition coefficient (Wildman–Crippen LogP) is 3.99. The van der Waals surface area contributed by atoms with Gasteiger partial charge in [-0.05, 0) is 68.0 Å². The van der Waals surface area contributed by atoms with Crippen molar-refractivity contribution in [2.75, 3.05) is 27.3 Å². The van der Waals surface area contributed by atoms with Crippen LogP contribution in [-0.2, 0) is 20.8 Å². The Morgan fingerprint density at radius 3 is 2.27 bits per heavy atom. The molecule has 2 aromatic carbocycles. The Morgan fingerprint density at radius 1 is 0.978 bits per heavy atom. The van der Waals surface area contributed by atoms with Crippen molar-refractivity contribution >= 4 is 29.6 Å². The molecule has 0 spiro atoms. The van der Waals surface area contributed by atoms with Gasteiger partial charge in [0.15, 0.2) is 0 Å². The number of carbonyl (C=O) groups excluding carboxylic acids is 4. The topological polar surface area (TPSA) is 151 Å². The second kappa shape index (κ2) is 15.0. The number of benzene rings is 2. The van der Waals surface area contributed by atoms with E-state index in [1.54, 1.807) is 37.4 Å². The van der Waals surface area contributed by atoms with Crippen LogP contribution >= 0.6 is 0 Å². The SMILES string of the molecule is CCCOc1ccc2c(c1)C(=O)N(CCC(CC1(C(=O)N[C@@H](Cc3ccc(OC)cc3)C(=O)NC)CCCCC1)C(=O)O)C2=O. The molecule has 2 atom stereocenters. The number of ether oxygens (including phenoxy) is 2. The number of carboxylic acid groups (broad SMARTS) is 1. The Kier molecular flexibility index (Phi) is 11.2.